The van der Waals surface area contributed by atoms with E-state index in [0.717, 1.165) is 5.56 Å². The Hall–Kier alpha value is -2.63. The fraction of sp³-hybridized carbons (Fsp3) is 0.214. The quantitative estimate of drug-likeness (QED) is 0.768. The van der Waals surface area contributed by atoms with E-state index in [0.29, 0.717) is 18.9 Å². The van der Waals surface area contributed by atoms with Crippen molar-refractivity contribution >= 4 is 11.7 Å². The molecular weight excluding hydrogens is 256 g/mol. The summed E-state index contributed by atoms with van der Waals surface area (Å²) in [5.74, 6) is 0.528. The smallest absolute Gasteiger partial charge is 0.271 e. The number of para-hydroxylation sites is 1. The molecule has 0 aliphatic heterocycles. The zero-order valence-corrected chi connectivity index (χ0v) is 11.1. The molecule has 0 bridgehead atoms. The number of nitrogens with one attached hydrogen (secondary N) is 2. The van der Waals surface area contributed by atoms with Crippen molar-refractivity contribution in [2.75, 3.05) is 11.9 Å². The van der Waals surface area contributed by atoms with Gasteiger partial charge in [-0.2, -0.15) is 0 Å². The molecule has 0 fully saturated rings. The van der Waals surface area contributed by atoms with E-state index >= 15 is 0 Å². The minimum atomic E-state index is -0.243. The summed E-state index contributed by atoms with van der Waals surface area (Å²) in [5, 5.41) is 23.1. The van der Waals surface area contributed by atoms with Crippen LogP contribution in [0.3, 0.4) is 0 Å². The number of carbonyl (C=O) groups excluding carboxylic acids is 1. The Morgan fingerprint density at radius 3 is 2.65 bits per heavy atom. The van der Waals surface area contributed by atoms with E-state index in [1.165, 1.54) is 0 Å². The van der Waals surface area contributed by atoms with E-state index in [1.807, 2.05) is 19.1 Å². The molecule has 6 nitrogen and oxygen atoms in total. The fourth-order valence-corrected chi connectivity index (χ4v) is 1.64. The molecule has 104 valence electrons. The van der Waals surface area contributed by atoms with Gasteiger partial charge in [-0.3, -0.25) is 4.79 Å². The SMILES string of the molecule is CCNC(=O)c1ccc(NCc2ccccc2O)nn1. The highest BCUT2D eigenvalue weighted by atomic mass is 16.3. The van der Waals surface area contributed by atoms with Gasteiger partial charge in [0.05, 0.1) is 0 Å². The van der Waals surface area contributed by atoms with Gasteiger partial charge in [0.25, 0.3) is 5.91 Å². The number of carbonyl (C=O) groups is 1. The predicted molar refractivity (Wildman–Crippen MR) is 75.5 cm³/mol. The van der Waals surface area contributed by atoms with Gasteiger partial charge in [-0.15, -0.1) is 10.2 Å². The Bertz CT molecular complexity index is 584. The van der Waals surface area contributed by atoms with E-state index in [9.17, 15) is 9.90 Å². The largest absolute Gasteiger partial charge is 0.508 e. The first kappa shape index (κ1) is 13.8. The molecule has 0 atom stereocenters. The van der Waals surface area contributed by atoms with Gasteiger partial charge in [0.2, 0.25) is 0 Å². The number of rotatable bonds is 5. The number of hydrogen-bond acceptors (Lipinski definition) is 5. The van der Waals surface area contributed by atoms with Gasteiger partial charge in [-0.1, -0.05) is 18.2 Å². The molecule has 0 saturated heterocycles. The Morgan fingerprint density at radius 1 is 1.20 bits per heavy atom. The molecule has 2 aromatic rings. The molecule has 6 heteroatoms. The normalized spacial score (nSPS) is 10.1. The average molecular weight is 272 g/mol. The van der Waals surface area contributed by atoms with Gasteiger partial charge < -0.3 is 15.7 Å². The first-order valence-electron chi connectivity index (χ1n) is 6.33. The highest BCUT2D eigenvalue weighted by molar-refractivity contribution is 5.92. The van der Waals surface area contributed by atoms with Crippen molar-refractivity contribution in [3.05, 3.63) is 47.7 Å². The Balaban J connectivity index is 1.98. The zero-order valence-electron chi connectivity index (χ0n) is 11.1. The van der Waals surface area contributed by atoms with Crippen molar-refractivity contribution < 1.29 is 9.90 Å². The van der Waals surface area contributed by atoms with Gasteiger partial charge in [0.15, 0.2) is 5.69 Å². The molecule has 1 amide bonds. The van der Waals surface area contributed by atoms with Crippen LogP contribution in [0.5, 0.6) is 5.75 Å². The van der Waals surface area contributed by atoms with Crippen molar-refractivity contribution in [3.8, 4) is 5.75 Å². The lowest BCUT2D eigenvalue weighted by molar-refractivity contribution is 0.0950. The second-order valence-electron chi connectivity index (χ2n) is 4.15. The molecule has 0 aliphatic rings. The minimum absolute atomic E-state index is 0.229. The number of anilines is 1. The molecule has 1 aromatic heterocycles. The van der Waals surface area contributed by atoms with Crippen LogP contribution in [0, 0.1) is 0 Å². The van der Waals surface area contributed by atoms with Crippen molar-refractivity contribution in [1.82, 2.24) is 15.5 Å². The number of aromatic hydroxyl groups is 1. The number of nitrogens with zero attached hydrogens (tertiary/aromatic N) is 2. The summed E-state index contributed by atoms with van der Waals surface area (Å²) in [6.45, 7) is 2.82. The number of hydrogen-bond donors (Lipinski definition) is 3. The second-order valence-corrected chi connectivity index (χ2v) is 4.15. The summed E-state index contributed by atoms with van der Waals surface area (Å²) < 4.78 is 0. The topological polar surface area (TPSA) is 87.1 Å². The first-order valence-corrected chi connectivity index (χ1v) is 6.33. The van der Waals surface area contributed by atoms with Crippen LogP contribution in [-0.4, -0.2) is 27.8 Å². The van der Waals surface area contributed by atoms with Crippen molar-refractivity contribution in [2.24, 2.45) is 0 Å². The van der Waals surface area contributed by atoms with Crippen molar-refractivity contribution in [3.63, 3.8) is 0 Å². The maximum Gasteiger partial charge on any atom is 0.271 e. The fourth-order valence-electron chi connectivity index (χ4n) is 1.64. The first-order chi connectivity index (χ1) is 9.70. The van der Waals surface area contributed by atoms with Crippen LogP contribution in [0.2, 0.25) is 0 Å². The number of benzene rings is 1. The van der Waals surface area contributed by atoms with Crippen LogP contribution >= 0.6 is 0 Å². The van der Waals surface area contributed by atoms with Crippen LogP contribution in [0.15, 0.2) is 36.4 Å². The summed E-state index contributed by atoms with van der Waals surface area (Å²) in [5.41, 5.74) is 1.04. The molecule has 3 N–H and O–H groups in total. The average Bonchev–Trinajstić information content (AvgIpc) is 2.47. The van der Waals surface area contributed by atoms with Crippen LogP contribution < -0.4 is 10.6 Å². The van der Waals surface area contributed by atoms with Gasteiger partial charge in [-0.05, 0) is 25.1 Å². The van der Waals surface area contributed by atoms with E-state index in [-0.39, 0.29) is 17.4 Å². The van der Waals surface area contributed by atoms with E-state index in [4.69, 9.17) is 0 Å². The molecule has 2 rings (SSSR count). The van der Waals surface area contributed by atoms with Crippen LogP contribution in [-0.2, 0) is 6.54 Å². The minimum Gasteiger partial charge on any atom is -0.508 e. The lowest BCUT2D eigenvalue weighted by atomic mass is 10.2. The van der Waals surface area contributed by atoms with Crippen LogP contribution in [0.25, 0.3) is 0 Å². The second kappa shape index (κ2) is 6.51. The maximum atomic E-state index is 11.5. The van der Waals surface area contributed by atoms with E-state index in [1.54, 1.807) is 24.3 Å². The third-order valence-electron chi connectivity index (χ3n) is 2.69. The Morgan fingerprint density at radius 2 is 2.00 bits per heavy atom. The number of phenols is 1. The lowest BCUT2D eigenvalue weighted by Crippen LogP contribution is -2.24. The number of phenolic OH excluding ortho intramolecular Hbond substituents is 1. The molecule has 0 aliphatic carbocycles. The van der Waals surface area contributed by atoms with E-state index < -0.39 is 0 Å². The molecule has 0 unspecified atom stereocenters. The third kappa shape index (κ3) is 3.44. The molecule has 1 heterocycles. The Kier molecular flexibility index (Phi) is 4.49. The summed E-state index contributed by atoms with van der Waals surface area (Å²) >= 11 is 0. The molecule has 1 aromatic carbocycles. The summed E-state index contributed by atoms with van der Waals surface area (Å²) in [6.07, 6.45) is 0. The highest BCUT2D eigenvalue weighted by Crippen LogP contribution is 2.16. The van der Waals surface area contributed by atoms with Crippen LogP contribution in [0.1, 0.15) is 23.0 Å². The standard InChI is InChI=1S/C14H16N4O2/c1-2-15-14(20)11-7-8-13(18-17-11)16-9-10-5-3-4-6-12(10)19/h3-8,19H,2,9H2,1H3,(H,15,20)(H,16,18). The summed E-state index contributed by atoms with van der Waals surface area (Å²) in [7, 11) is 0. The molecular formula is C14H16N4O2. The van der Waals surface area contributed by atoms with E-state index in [2.05, 4.69) is 20.8 Å². The zero-order chi connectivity index (χ0) is 14.4. The third-order valence-corrected chi connectivity index (χ3v) is 2.69. The van der Waals surface area contributed by atoms with Crippen LogP contribution in [0.4, 0.5) is 5.82 Å². The molecule has 0 saturated carbocycles. The number of aromatic nitrogens is 2. The lowest BCUT2D eigenvalue weighted by Gasteiger charge is -2.07. The van der Waals surface area contributed by atoms with Crippen molar-refractivity contribution in [2.45, 2.75) is 13.5 Å². The van der Waals surface area contributed by atoms with Gasteiger partial charge in [-0.25, -0.2) is 0 Å². The Labute approximate surface area is 116 Å². The molecule has 0 spiro atoms. The molecule has 20 heavy (non-hydrogen) atoms. The summed E-state index contributed by atoms with van der Waals surface area (Å²) in [6, 6.07) is 10.3. The number of amides is 1. The summed E-state index contributed by atoms with van der Waals surface area (Å²) in [4.78, 5) is 11.5. The monoisotopic (exact) mass is 272 g/mol. The van der Waals surface area contributed by atoms with Gasteiger partial charge in [0, 0.05) is 18.7 Å². The van der Waals surface area contributed by atoms with Gasteiger partial charge in [0.1, 0.15) is 11.6 Å². The van der Waals surface area contributed by atoms with Crippen molar-refractivity contribution in [1.29, 1.82) is 0 Å². The predicted octanol–water partition coefficient (Wildman–Crippen LogP) is 1.54. The van der Waals surface area contributed by atoms with Gasteiger partial charge >= 0.3 is 0 Å². The highest BCUT2D eigenvalue weighted by Gasteiger charge is 2.06. The molecule has 0 radical (unpaired) electrons. The maximum absolute atomic E-state index is 11.5.